The molecular formula is C46H57N7O11. The Balaban J connectivity index is 0.820. The van der Waals surface area contributed by atoms with E-state index in [4.69, 9.17) is 18.9 Å². The number of carbonyl (C=O) groups is 6. The number of morpholine rings is 1. The summed E-state index contributed by atoms with van der Waals surface area (Å²) in [7, 11) is 6.74. The van der Waals surface area contributed by atoms with Gasteiger partial charge in [0, 0.05) is 90.1 Å². The van der Waals surface area contributed by atoms with Gasteiger partial charge in [0.05, 0.1) is 49.7 Å². The van der Waals surface area contributed by atoms with Crippen LogP contribution in [0.1, 0.15) is 83.2 Å². The number of fused-ring (bicyclic) bond motifs is 1. The molecule has 3 fully saturated rings. The first-order chi connectivity index (χ1) is 30.8. The Kier molecular flexibility index (Phi) is 13.0. The number of unbranched alkanes of at least 4 members (excludes halogenated alkanes) is 1. The number of nitrogens with one attached hydrogen (secondary N) is 2. The standard InChI is InChI=1S/C46H57N7O11/c1-47-45(60)51-15-12-30-33(24-49(2)42(57)34(30)26-51)28-21-37(61-3)35(38(22-28)62-4)25-50-16-13-46(14-17-50)27-52(18-20-64-46)40(55)7-5-6-19-63-29-8-9-31-32(23-29)44(59)53(43(31)58)36-10-11-39(54)48-41(36)56/h8-9,21-24,36,42,57H,5-7,10-20,25-27H2,1-4H3,(H,47,60)(H,48,54,56). The van der Waals surface area contributed by atoms with E-state index in [0.29, 0.717) is 88.9 Å². The summed E-state index contributed by atoms with van der Waals surface area (Å²) in [4.78, 5) is 84.7. The number of amides is 7. The third-order valence-corrected chi connectivity index (χ3v) is 13.4. The molecule has 64 heavy (non-hydrogen) atoms. The van der Waals surface area contributed by atoms with Crippen LogP contribution in [0.15, 0.2) is 47.7 Å². The quantitative estimate of drug-likeness (QED) is 0.208. The molecule has 3 N–H and O–H groups in total. The van der Waals surface area contributed by atoms with Crippen LogP contribution >= 0.6 is 0 Å². The van der Waals surface area contributed by atoms with Crippen molar-refractivity contribution in [1.29, 1.82) is 0 Å². The van der Waals surface area contributed by atoms with Crippen molar-refractivity contribution < 1.29 is 52.8 Å². The van der Waals surface area contributed by atoms with E-state index in [0.717, 1.165) is 58.7 Å². The Morgan fingerprint density at radius 2 is 1.67 bits per heavy atom. The summed E-state index contributed by atoms with van der Waals surface area (Å²) in [5.41, 5.74) is 4.53. The monoisotopic (exact) mass is 883 g/mol. The largest absolute Gasteiger partial charge is 0.496 e. The minimum atomic E-state index is -1.03. The third kappa shape index (κ3) is 8.77. The van der Waals surface area contributed by atoms with Crippen molar-refractivity contribution in [3.8, 4) is 17.2 Å². The van der Waals surface area contributed by atoms with Gasteiger partial charge >= 0.3 is 6.03 Å². The van der Waals surface area contributed by atoms with E-state index >= 15 is 0 Å². The van der Waals surface area contributed by atoms with Crippen LogP contribution in [0.2, 0.25) is 0 Å². The number of hydrogen-bond acceptors (Lipinski definition) is 13. The van der Waals surface area contributed by atoms with Crippen LogP contribution in [0.25, 0.3) is 5.57 Å². The highest BCUT2D eigenvalue weighted by Crippen LogP contribution is 2.42. The Hall–Kier alpha value is -5.98. The number of carbonyl (C=O) groups excluding carboxylic acids is 6. The van der Waals surface area contributed by atoms with Crippen molar-refractivity contribution in [1.82, 2.24) is 35.1 Å². The van der Waals surface area contributed by atoms with Crippen molar-refractivity contribution in [2.75, 3.05) is 80.8 Å². The number of likely N-dealkylation sites (tertiary alicyclic amines) is 1. The number of methoxy groups -OCH3 is 2. The van der Waals surface area contributed by atoms with Gasteiger partial charge in [-0.25, -0.2) is 4.79 Å². The molecule has 0 aliphatic carbocycles. The molecule has 342 valence electrons. The van der Waals surface area contributed by atoms with E-state index in [1.54, 1.807) is 37.1 Å². The van der Waals surface area contributed by atoms with Crippen molar-refractivity contribution in [2.24, 2.45) is 0 Å². The zero-order valence-electron chi connectivity index (χ0n) is 36.9. The van der Waals surface area contributed by atoms with Gasteiger partial charge in [-0.15, -0.1) is 0 Å². The van der Waals surface area contributed by atoms with Crippen LogP contribution in [0, 0.1) is 0 Å². The van der Waals surface area contributed by atoms with Crippen molar-refractivity contribution >= 4 is 41.1 Å². The van der Waals surface area contributed by atoms with Crippen LogP contribution < -0.4 is 24.8 Å². The smallest absolute Gasteiger partial charge is 0.317 e. The van der Waals surface area contributed by atoms with Crippen molar-refractivity contribution in [3.63, 3.8) is 0 Å². The molecule has 0 bridgehead atoms. The first-order valence-electron chi connectivity index (χ1n) is 22.0. The number of likely N-dealkylation sites (N-methyl/N-ethyl adjacent to an activating group) is 1. The number of ether oxygens (including phenoxy) is 4. The number of benzene rings is 2. The predicted octanol–water partition coefficient (Wildman–Crippen LogP) is 2.49. The molecule has 8 rings (SSSR count). The topological polar surface area (TPSA) is 200 Å². The first-order valence-corrected chi connectivity index (χ1v) is 22.0. The lowest BCUT2D eigenvalue weighted by molar-refractivity contribution is -0.159. The molecule has 2 atom stereocenters. The Morgan fingerprint density at radius 3 is 2.38 bits per heavy atom. The highest BCUT2D eigenvalue weighted by atomic mass is 16.5. The summed E-state index contributed by atoms with van der Waals surface area (Å²) in [6, 6.07) is 7.47. The van der Waals surface area contributed by atoms with E-state index in [1.807, 2.05) is 30.3 Å². The Morgan fingerprint density at radius 1 is 0.938 bits per heavy atom. The van der Waals surface area contributed by atoms with Crippen LogP contribution in [-0.2, 0) is 25.7 Å². The maximum atomic E-state index is 13.4. The highest BCUT2D eigenvalue weighted by molar-refractivity contribution is 6.23. The van der Waals surface area contributed by atoms with Gasteiger partial charge in [-0.05, 0) is 80.0 Å². The van der Waals surface area contributed by atoms with Crippen LogP contribution in [0.5, 0.6) is 17.2 Å². The van der Waals surface area contributed by atoms with E-state index in [9.17, 15) is 33.9 Å². The maximum Gasteiger partial charge on any atom is 0.317 e. The SMILES string of the molecule is CNC(=O)N1CCC2=C(C1)C(O)N(C)C=C2c1cc(OC)c(CN2CCC3(CC2)CN(C(=O)CCCCOc2ccc4c(c2)C(=O)N(C2CCC(=O)NC2=O)C4=O)CCO3)c(OC)c1. The van der Waals surface area contributed by atoms with Gasteiger partial charge in [0.2, 0.25) is 17.7 Å². The number of imide groups is 2. The van der Waals surface area contributed by atoms with Crippen molar-refractivity contribution in [2.45, 2.75) is 75.8 Å². The molecule has 18 nitrogen and oxygen atoms in total. The van der Waals surface area contributed by atoms with Gasteiger partial charge in [0.1, 0.15) is 23.3 Å². The van der Waals surface area contributed by atoms with E-state index < -0.39 is 41.5 Å². The zero-order chi connectivity index (χ0) is 45.3. The third-order valence-electron chi connectivity index (χ3n) is 13.4. The van der Waals surface area contributed by atoms with Gasteiger partial charge in [-0.2, -0.15) is 0 Å². The fourth-order valence-corrected chi connectivity index (χ4v) is 9.77. The van der Waals surface area contributed by atoms with Crippen LogP contribution in [0.4, 0.5) is 4.79 Å². The molecule has 7 amide bonds. The number of aliphatic hydroxyl groups is 1. The number of urea groups is 1. The van der Waals surface area contributed by atoms with Crippen LogP contribution in [0.3, 0.4) is 0 Å². The second-order valence-electron chi connectivity index (χ2n) is 17.3. The molecule has 2 unspecified atom stereocenters. The van der Waals surface area contributed by atoms with E-state index in [-0.39, 0.29) is 35.9 Å². The second-order valence-corrected chi connectivity index (χ2v) is 17.3. The molecule has 6 aliphatic rings. The summed E-state index contributed by atoms with van der Waals surface area (Å²) in [5, 5.41) is 16.0. The minimum Gasteiger partial charge on any atom is -0.496 e. The maximum absolute atomic E-state index is 13.4. The molecule has 0 radical (unpaired) electrons. The number of hydrogen-bond donors (Lipinski definition) is 3. The molecule has 6 heterocycles. The van der Waals surface area contributed by atoms with Crippen molar-refractivity contribution in [3.05, 3.63) is 69.9 Å². The second kappa shape index (κ2) is 18.6. The molecule has 6 aliphatic heterocycles. The molecule has 2 aromatic rings. The summed E-state index contributed by atoms with van der Waals surface area (Å²) in [6.07, 6.45) is 4.94. The fraction of sp³-hybridized carbons (Fsp3) is 0.522. The molecule has 1 spiro atoms. The number of rotatable bonds is 12. The Labute approximate surface area is 372 Å². The zero-order valence-corrected chi connectivity index (χ0v) is 36.9. The van der Waals surface area contributed by atoms with Gasteiger partial charge in [0.15, 0.2) is 6.23 Å². The highest BCUT2D eigenvalue weighted by Gasteiger charge is 2.45. The molecule has 0 aromatic heterocycles. The first kappa shape index (κ1) is 44.6. The fourth-order valence-electron chi connectivity index (χ4n) is 9.77. The van der Waals surface area contributed by atoms with Gasteiger partial charge in [-0.3, -0.25) is 39.1 Å². The van der Waals surface area contributed by atoms with E-state index in [1.165, 1.54) is 12.1 Å². The molecule has 0 saturated carbocycles. The molecule has 3 saturated heterocycles. The lowest BCUT2D eigenvalue weighted by Crippen LogP contribution is -2.57. The summed E-state index contributed by atoms with van der Waals surface area (Å²) >= 11 is 0. The van der Waals surface area contributed by atoms with E-state index in [2.05, 4.69) is 15.5 Å². The van der Waals surface area contributed by atoms with Crippen LogP contribution in [-0.4, -0.2) is 164 Å². The van der Waals surface area contributed by atoms with Gasteiger partial charge in [-0.1, -0.05) is 0 Å². The average Bonchev–Trinajstić information content (AvgIpc) is 3.55. The summed E-state index contributed by atoms with van der Waals surface area (Å²) < 4.78 is 24.3. The molecule has 18 heteroatoms. The Bertz CT molecular complexity index is 2260. The minimum absolute atomic E-state index is 0.0488. The number of piperidine rings is 2. The summed E-state index contributed by atoms with van der Waals surface area (Å²) in [6.45, 7) is 4.84. The summed E-state index contributed by atoms with van der Waals surface area (Å²) in [5.74, 6) is -0.376. The molecule has 2 aromatic carbocycles. The number of nitrogens with zero attached hydrogens (tertiary/aromatic N) is 5. The lowest BCUT2D eigenvalue weighted by Gasteiger charge is -2.47. The predicted molar refractivity (Wildman–Crippen MR) is 231 cm³/mol. The molecular weight excluding hydrogens is 827 g/mol. The normalized spacial score (nSPS) is 22.3. The number of aliphatic hydroxyl groups excluding tert-OH is 1. The van der Waals surface area contributed by atoms with Gasteiger partial charge in [0.25, 0.3) is 11.8 Å². The number of allylic oxidation sites excluding steroid dienone is 1. The van der Waals surface area contributed by atoms with Gasteiger partial charge < -0.3 is 44.1 Å². The average molecular weight is 884 g/mol. The lowest BCUT2D eigenvalue weighted by atomic mass is 9.85.